The highest BCUT2D eigenvalue weighted by Crippen LogP contribution is 2.33. The Morgan fingerprint density at radius 1 is 0.781 bits per heavy atom. The number of aromatic nitrogens is 1. The topological polar surface area (TPSA) is 45.6 Å². The second kappa shape index (κ2) is 7.98. The summed E-state index contributed by atoms with van der Waals surface area (Å²) in [5.41, 5.74) is 2.62. The van der Waals surface area contributed by atoms with Crippen LogP contribution in [0.2, 0.25) is 0 Å². The number of anilines is 2. The number of para-hydroxylation sites is 1. The smallest absolute Gasteiger partial charge is 0.269 e. The molecule has 164 valence electrons. The van der Waals surface area contributed by atoms with Gasteiger partial charge in [0, 0.05) is 37.3 Å². The third-order valence-corrected chi connectivity index (χ3v) is 7.72. The van der Waals surface area contributed by atoms with Crippen molar-refractivity contribution in [3.63, 3.8) is 0 Å². The molecule has 0 unspecified atom stereocenters. The summed E-state index contributed by atoms with van der Waals surface area (Å²) in [6.07, 6.45) is 0. The first kappa shape index (κ1) is 20.6. The van der Waals surface area contributed by atoms with Gasteiger partial charge in [-0.1, -0.05) is 35.9 Å². The van der Waals surface area contributed by atoms with Crippen LogP contribution in [0, 0.1) is 12.7 Å². The zero-order chi connectivity index (χ0) is 22.3. The van der Waals surface area contributed by atoms with Crippen LogP contribution in [0.3, 0.4) is 0 Å². The van der Waals surface area contributed by atoms with Crippen LogP contribution in [0.15, 0.2) is 83.8 Å². The third-order valence-electron chi connectivity index (χ3n) is 5.99. The number of piperazine rings is 1. The van der Waals surface area contributed by atoms with Crippen LogP contribution < -0.4 is 9.80 Å². The van der Waals surface area contributed by atoms with Crippen molar-refractivity contribution < 1.29 is 12.8 Å². The summed E-state index contributed by atoms with van der Waals surface area (Å²) in [6.45, 7) is 4.78. The third kappa shape index (κ3) is 3.62. The van der Waals surface area contributed by atoms with E-state index in [0.717, 1.165) is 24.3 Å². The zero-order valence-electron chi connectivity index (χ0n) is 17.8. The van der Waals surface area contributed by atoms with Crippen molar-refractivity contribution in [2.24, 2.45) is 0 Å². The van der Waals surface area contributed by atoms with Gasteiger partial charge in [-0.05, 0) is 55.5 Å². The monoisotopic (exact) mass is 449 g/mol. The molecule has 1 aliphatic heterocycles. The summed E-state index contributed by atoms with van der Waals surface area (Å²) in [5, 5.41) is 0.571. The van der Waals surface area contributed by atoms with Crippen LogP contribution in [0.25, 0.3) is 10.9 Å². The molecule has 5 nitrogen and oxygen atoms in total. The van der Waals surface area contributed by atoms with Gasteiger partial charge < -0.3 is 9.80 Å². The molecule has 7 heteroatoms. The molecule has 5 rings (SSSR count). The fourth-order valence-corrected chi connectivity index (χ4v) is 5.80. The van der Waals surface area contributed by atoms with E-state index in [-0.39, 0.29) is 10.7 Å². The van der Waals surface area contributed by atoms with E-state index >= 15 is 0 Å². The average molecular weight is 450 g/mol. The second-order valence-corrected chi connectivity index (χ2v) is 9.88. The SMILES string of the molecule is Cc1ccc(S(=O)(=O)n2c(N3CCN(c4ccccc4)CC3)cc3cc(F)ccc32)cc1. The van der Waals surface area contributed by atoms with Gasteiger partial charge in [0.1, 0.15) is 11.6 Å². The molecule has 0 bridgehead atoms. The number of aryl methyl sites for hydroxylation is 1. The van der Waals surface area contributed by atoms with Crippen LogP contribution in [-0.4, -0.2) is 38.6 Å². The first-order chi connectivity index (χ1) is 15.4. The summed E-state index contributed by atoms with van der Waals surface area (Å²) >= 11 is 0. The van der Waals surface area contributed by atoms with E-state index in [2.05, 4.69) is 21.9 Å². The van der Waals surface area contributed by atoms with Crippen molar-refractivity contribution in [3.8, 4) is 0 Å². The summed E-state index contributed by atoms with van der Waals surface area (Å²) in [4.78, 5) is 4.58. The maximum atomic E-state index is 13.9. The van der Waals surface area contributed by atoms with Crippen molar-refractivity contribution in [2.45, 2.75) is 11.8 Å². The Bertz CT molecular complexity index is 1360. The molecule has 4 aromatic rings. The second-order valence-electron chi connectivity index (χ2n) is 8.10. The minimum Gasteiger partial charge on any atom is -0.368 e. The number of fused-ring (bicyclic) bond motifs is 1. The van der Waals surface area contributed by atoms with E-state index in [1.165, 1.54) is 16.1 Å². The van der Waals surface area contributed by atoms with Crippen molar-refractivity contribution in [2.75, 3.05) is 36.0 Å². The van der Waals surface area contributed by atoms with Crippen LogP contribution >= 0.6 is 0 Å². The zero-order valence-corrected chi connectivity index (χ0v) is 18.6. The molecular weight excluding hydrogens is 425 g/mol. The predicted octanol–water partition coefficient (Wildman–Crippen LogP) is 4.65. The lowest BCUT2D eigenvalue weighted by molar-refractivity contribution is 0.585. The molecule has 32 heavy (non-hydrogen) atoms. The Kier molecular flexibility index (Phi) is 5.13. The van der Waals surface area contributed by atoms with E-state index in [9.17, 15) is 12.8 Å². The number of hydrogen-bond donors (Lipinski definition) is 0. The largest absolute Gasteiger partial charge is 0.368 e. The van der Waals surface area contributed by atoms with Gasteiger partial charge in [0.05, 0.1) is 10.4 Å². The molecule has 1 saturated heterocycles. The minimum absolute atomic E-state index is 0.217. The highest BCUT2D eigenvalue weighted by atomic mass is 32.2. The summed E-state index contributed by atoms with van der Waals surface area (Å²) in [5.74, 6) is 0.182. The van der Waals surface area contributed by atoms with Crippen molar-refractivity contribution in [1.29, 1.82) is 0 Å². The molecule has 0 N–H and O–H groups in total. The summed E-state index contributed by atoms with van der Waals surface area (Å²) in [7, 11) is -3.86. The van der Waals surface area contributed by atoms with E-state index in [4.69, 9.17) is 0 Å². The summed E-state index contributed by atoms with van der Waals surface area (Å²) < 4.78 is 42.7. The molecule has 0 radical (unpaired) electrons. The lowest BCUT2D eigenvalue weighted by Gasteiger charge is -2.37. The van der Waals surface area contributed by atoms with Gasteiger partial charge in [0.25, 0.3) is 10.0 Å². The van der Waals surface area contributed by atoms with E-state index < -0.39 is 10.0 Å². The van der Waals surface area contributed by atoms with Crippen LogP contribution in [0.5, 0.6) is 0 Å². The molecule has 0 atom stereocenters. The molecule has 1 aromatic heterocycles. The number of benzene rings is 3. The Morgan fingerprint density at radius 2 is 1.44 bits per heavy atom. The first-order valence-corrected chi connectivity index (χ1v) is 12.1. The molecule has 1 fully saturated rings. The van der Waals surface area contributed by atoms with Crippen LogP contribution in [0.4, 0.5) is 15.9 Å². The number of hydrogen-bond acceptors (Lipinski definition) is 4. The van der Waals surface area contributed by atoms with E-state index in [1.54, 1.807) is 36.4 Å². The molecule has 0 aliphatic carbocycles. The van der Waals surface area contributed by atoms with Crippen LogP contribution in [0.1, 0.15) is 5.56 Å². The van der Waals surface area contributed by atoms with Gasteiger partial charge in [-0.3, -0.25) is 0 Å². The molecule has 0 saturated carbocycles. The fraction of sp³-hybridized carbons (Fsp3) is 0.200. The Balaban J connectivity index is 1.56. The van der Waals surface area contributed by atoms with Gasteiger partial charge in [-0.2, -0.15) is 0 Å². The maximum Gasteiger partial charge on any atom is 0.269 e. The normalized spacial score (nSPS) is 14.8. The molecule has 3 aromatic carbocycles. The quantitative estimate of drug-likeness (QED) is 0.455. The standard InChI is InChI=1S/C25H24FN3O2S/c1-19-7-10-23(11-8-19)32(30,31)29-24-12-9-21(26)17-20(24)18-25(29)28-15-13-27(14-16-28)22-5-3-2-4-6-22/h2-12,17-18H,13-16H2,1H3. The van der Waals surface area contributed by atoms with Crippen molar-refractivity contribution >= 4 is 32.4 Å². The van der Waals surface area contributed by atoms with Crippen molar-refractivity contribution in [3.05, 3.63) is 90.2 Å². The van der Waals surface area contributed by atoms with Gasteiger partial charge in [-0.25, -0.2) is 16.8 Å². The van der Waals surface area contributed by atoms with E-state index in [1.807, 2.05) is 25.1 Å². The molecule has 1 aliphatic rings. The highest BCUT2D eigenvalue weighted by Gasteiger charge is 2.28. The van der Waals surface area contributed by atoms with E-state index in [0.29, 0.717) is 29.8 Å². The van der Waals surface area contributed by atoms with Gasteiger partial charge in [-0.15, -0.1) is 0 Å². The lowest BCUT2D eigenvalue weighted by Crippen LogP contribution is -2.47. The van der Waals surface area contributed by atoms with Gasteiger partial charge in [0.2, 0.25) is 0 Å². The minimum atomic E-state index is -3.86. The van der Waals surface area contributed by atoms with Gasteiger partial charge >= 0.3 is 0 Å². The number of nitrogens with zero attached hydrogens (tertiary/aromatic N) is 3. The van der Waals surface area contributed by atoms with Crippen LogP contribution in [-0.2, 0) is 10.0 Å². The van der Waals surface area contributed by atoms with Gasteiger partial charge in [0.15, 0.2) is 0 Å². The molecule has 0 amide bonds. The maximum absolute atomic E-state index is 13.9. The molecular formula is C25H24FN3O2S. The highest BCUT2D eigenvalue weighted by molar-refractivity contribution is 7.90. The van der Waals surface area contributed by atoms with Crippen molar-refractivity contribution in [1.82, 2.24) is 3.97 Å². The fourth-order valence-electron chi connectivity index (χ4n) is 4.27. The Hall–Kier alpha value is -3.32. The summed E-state index contributed by atoms with van der Waals surface area (Å²) in [6, 6.07) is 23.0. The molecule has 2 heterocycles. The lowest BCUT2D eigenvalue weighted by atomic mass is 10.2. The number of halogens is 1. The predicted molar refractivity (Wildman–Crippen MR) is 127 cm³/mol. The Labute approximate surface area is 187 Å². The first-order valence-electron chi connectivity index (χ1n) is 10.6. The average Bonchev–Trinajstić information content (AvgIpc) is 3.19. The Morgan fingerprint density at radius 3 is 2.12 bits per heavy atom. The molecule has 0 spiro atoms. The number of rotatable bonds is 4.